The summed E-state index contributed by atoms with van der Waals surface area (Å²) in [5.74, 6) is 0.934. The molecule has 0 aliphatic carbocycles. The van der Waals surface area contributed by atoms with Gasteiger partial charge >= 0.3 is 0 Å². The maximum Gasteiger partial charge on any atom is 0.269 e. The first-order valence-electron chi connectivity index (χ1n) is 8.79. The van der Waals surface area contributed by atoms with Crippen molar-refractivity contribution >= 4 is 17.3 Å². The molecule has 0 bridgehead atoms. The fourth-order valence-corrected chi connectivity index (χ4v) is 3.01. The van der Waals surface area contributed by atoms with E-state index in [1.165, 1.54) is 0 Å². The lowest BCUT2D eigenvalue weighted by Crippen LogP contribution is -2.36. The van der Waals surface area contributed by atoms with Crippen LogP contribution in [-0.2, 0) is 4.74 Å². The fraction of sp³-hybridized carbons (Fsp3) is 0.250. The normalized spacial score (nSPS) is 15.3. The predicted molar refractivity (Wildman–Crippen MR) is 102 cm³/mol. The summed E-state index contributed by atoms with van der Waals surface area (Å²) in [5, 5.41) is 0. The number of hydrazine groups is 1. The Morgan fingerprint density at radius 3 is 2.41 bits per heavy atom. The molecule has 2 aromatic carbocycles. The van der Waals surface area contributed by atoms with E-state index < -0.39 is 0 Å². The molecule has 1 fully saturated rings. The largest absolute Gasteiger partial charge is 0.454 e. The third-order valence-corrected chi connectivity index (χ3v) is 4.55. The minimum Gasteiger partial charge on any atom is -0.454 e. The minimum absolute atomic E-state index is 0.176. The van der Waals surface area contributed by atoms with E-state index in [0.717, 1.165) is 37.6 Å². The number of carbonyl (C=O) groups is 1. The van der Waals surface area contributed by atoms with Crippen LogP contribution in [-0.4, -0.2) is 39.0 Å². The van der Waals surface area contributed by atoms with Crippen LogP contribution in [0.4, 0.5) is 5.69 Å². The summed E-state index contributed by atoms with van der Waals surface area (Å²) in [5.41, 5.74) is 8.65. The molecule has 0 unspecified atom stereocenters. The topological polar surface area (TPSA) is 72.1 Å². The molecule has 2 heterocycles. The van der Waals surface area contributed by atoms with Crippen LogP contribution in [0.2, 0.25) is 0 Å². The summed E-state index contributed by atoms with van der Waals surface area (Å²) >= 11 is 0. The molecular weight excluding hydrogens is 346 g/mol. The quantitative estimate of drug-likeness (QED) is 0.789. The molecule has 140 valence electrons. The number of hydrogen-bond acceptors (Lipinski definition) is 6. The molecule has 0 aromatic heterocycles. The molecule has 1 amide bonds. The lowest BCUT2D eigenvalue weighted by atomic mass is 10.1. The van der Waals surface area contributed by atoms with Crippen LogP contribution in [0, 0.1) is 0 Å². The molecule has 2 aliphatic heterocycles. The van der Waals surface area contributed by atoms with Crippen molar-refractivity contribution in [2.75, 3.05) is 38.0 Å². The monoisotopic (exact) mass is 367 g/mol. The first-order chi connectivity index (χ1) is 13.2. The highest BCUT2D eigenvalue weighted by Crippen LogP contribution is 2.32. The van der Waals surface area contributed by atoms with Crippen molar-refractivity contribution in [3.63, 3.8) is 0 Å². The molecule has 2 aromatic rings. The number of nitrogens with one attached hydrogen (secondary N) is 2. The summed E-state index contributed by atoms with van der Waals surface area (Å²) < 4.78 is 15.9. The van der Waals surface area contributed by atoms with Crippen LogP contribution >= 0.6 is 0 Å². The Hall–Kier alpha value is -3.19. The van der Waals surface area contributed by atoms with Crippen LogP contribution in [0.25, 0.3) is 5.70 Å². The van der Waals surface area contributed by atoms with Gasteiger partial charge in [0, 0.05) is 24.3 Å². The Kier molecular flexibility index (Phi) is 4.84. The molecule has 2 N–H and O–H groups in total. The number of benzene rings is 2. The van der Waals surface area contributed by atoms with Crippen LogP contribution < -0.4 is 25.2 Å². The zero-order valence-corrected chi connectivity index (χ0v) is 14.9. The number of morpholine rings is 1. The minimum atomic E-state index is -0.278. The zero-order valence-electron chi connectivity index (χ0n) is 14.9. The molecule has 7 heteroatoms. The second-order valence-electron chi connectivity index (χ2n) is 6.27. The number of ether oxygens (including phenoxy) is 3. The van der Waals surface area contributed by atoms with E-state index in [1.807, 2.05) is 24.3 Å². The van der Waals surface area contributed by atoms with E-state index in [1.54, 1.807) is 18.2 Å². The lowest BCUT2D eigenvalue weighted by molar-refractivity contribution is 0.0942. The average Bonchev–Trinajstić information content (AvgIpc) is 3.20. The second-order valence-corrected chi connectivity index (χ2v) is 6.27. The molecule has 7 nitrogen and oxygen atoms in total. The van der Waals surface area contributed by atoms with E-state index in [-0.39, 0.29) is 12.7 Å². The third kappa shape index (κ3) is 3.83. The fourth-order valence-electron chi connectivity index (χ4n) is 3.01. The van der Waals surface area contributed by atoms with Crippen LogP contribution in [0.3, 0.4) is 0 Å². The Balaban J connectivity index is 1.34. The Labute approximate surface area is 157 Å². The predicted octanol–water partition coefficient (Wildman–Crippen LogP) is 2.16. The summed E-state index contributed by atoms with van der Waals surface area (Å²) in [6.07, 6.45) is 0. The van der Waals surface area contributed by atoms with Crippen molar-refractivity contribution in [3.8, 4) is 11.5 Å². The Morgan fingerprint density at radius 1 is 0.926 bits per heavy atom. The Morgan fingerprint density at radius 2 is 1.63 bits per heavy atom. The number of nitrogens with zero attached hydrogens (tertiary/aromatic N) is 1. The number of fused-ring (bicyclic) bond motifs is 1. The van der Waals surface area contributed by atoms with Gasteiger partial charge in [0.15, 0.2) is 11.5 Å². The van der Waals surface area contributed by atoms with E-state index in [4.69, 9.17) is 14.2 Å². The molecule has 1 saturated heterocycles. The molecular formula is C20H21N3O4. The van der Waals surface area contributed by atoms with Gasteiger partial charge in [-0.1, -0.05) is 18.7 Å². The van der Waals surface area contributed by atoms with E-state index in [2.05, 4.69) is 22.3 Å². The van der Waals surface area contributed by atoms with Crippen molar-refractivity contribution in [1.82, 2.24) is 10.9 Å². The Bertz CT molecular complexity index is 845. The number of hydrogen-bond donors (Lipinski definition) is 2. The third-order valence-electron chi connectivity index (χ3n) is 4.55. The van der Waals surface area contributed by atoms with Gasteiger partial charge in [-0.05, 0) is 35.9 Å². The van der Waals surface area contributed by atoms with Crippen LogP contribution in [0.5, 0.6) is 11.5 Å². The highest BCUT2D eigenvalue weighted by Gasteiger charge is 2.16. The summed E-state index contributed by atoms with van der Waals surface area (Å²) in [4.78, 5) is 14.6. The van der Waals surface area contributed by atoms with Gasteiger partial charge in [0.25, 0.3) is 5.91 Å². The van der Waals surface area contributed by atoms with Gasteiger partial charge in [0.05, 0.1) is 18.9 Å². The van der Waals surface area contributed by atoms with Gasteiger partial charge in [0.1, 0.15) is 0 Å². The molecule has 2 aliphatic rings. The van der Waals surface area contributed by atoms with E-state index >= 15 is 0 Å². The SMILES string of the molecule is C=C(NNC(=O)c1ccc2c(c1)OCO2)c1ccc(N2CCOCC2)cc1. The van der Waals surface area contributed by atoms with E-state index in [0.29, 0.717) is 22.8 Å². The first-order valence-corrected chi connectivity index (χ1v) is 8.79. The van der Waals surface area contributed by atoms with Crippen LogP contribution in [0.15, 0.2) is 49.0 Å². The number of carbonyl (C=O) groups excluding carboxylic acids is 1. The van der Waals surface area contributed by atoms with Crippen LogP contribution in [0.1, 0.15) is 15.9 Å². The lowest BCUT2D eigenvalue weighted by Gasteiger charge is -2.29. The van der Waals surface area contributed by atoms with Gasteiger partial charge in [0.2, 0.25) is 6.79 Å². The number of anilines is 1. The maximum absolute atomic E-state index is 12.3. The van der Waals surface area contributed by atoms with Gasteiger partial charge in [-0.3, -0.25) is 15.6 Å². The summed E-state index contributed by atoms with van der Waals surface area (Å²) in [6, 6.07) is 13.1. The zero-order chi connectivity index (χ0) is 18.6. The van der Waals surface area contributed by atoms with E-state index in [9.17, 15) is 4.79 Å². The van der Waals surface area contributed by atoms with Crippen molar-refractivity contribution in [2.45, 2.75) is 0 Å². The second kappa shape index (κ2) is 7.59. The standard InChI is InChI=1S/C20H21N3O4/c1-14(15-2-5-17(6-3-15)23-8-10-25-11-9-23)21-22-20(24)16-4-7-18-19(12-16)27-13-26-18/h2-7,12,21H,1,8-11,13H2,(H,22,24). The highest BCUT2D eigenvalue weighted by molar-refractivity contribution is 5.95. The van der Waals surface area contributed by atoms with Gasteiger partial charge in [-0.2, -0.15) is 0 Å². The van der Waals surface area contributed by atoms with Crippen molar-refractivity contribution < 1.29 is 19.0 Å². The molecule has 0 saturated carbocycles. The molecule has 0 spiro atoms. The number of amides is 1. The molecule has 27 heavy (non-hydrogen) atoms. The van der Waals surface area contributed by atoms with Gasteiger partial charge in [-0.15, -0.1) is 0 Å². The summed E-state index contributed by atoms with van der Waals surface area (Å²) in [7, 11) is 0. The molecule has 4 rings (SSSR count). The molecule has 0 atom stereocenters. The average molecular weight is 367 g/mol. The van der Waals surface area contributed by atoms with Gasteiger partial charge < -0.3 is 19.1 Å². The van der Waals surface area contributed by atoms with Crippen molar-refractivity contribution in [2.24, 2.45) is 0 Å². The highest BCUT2D eigenvalue weighted by atomic mass is 16.7. The molecule has 0 radical (unpaired) electrons. The number of rotatable bonds is 5. The summed E-state index contributed by atoms with van der Waals surface area (Å²) in [6.45, 7) is 7.45. The first kappa shape index (κ1) is 17.2. The maximum atomic E-state index is 12.3. The van der Waals surface area contributed by atoms with Crippen molar-refractivity contribution in [1.29, 1.82) is 0 Å². The van der Waals surface area contributed by atoms with Gasteiger partial charge in [-0.25, -0.2) is 0 Å². The smallest absolute Gasteiger partial charge is 0.269 e. The van der Waals surface area contributed by atoms with Crippen molar-refractivity contribution in [3.05, 3.63) is 60.2 Å².